The minimum Gasteiger partial charge on any atom is -0.388 e. The van der Waals surface area contributed by atoms with Gasteiger partial charge in [-0.15, -0.1) is 0 Å². The molecular weight excluding hydrogens is 242 g/mol. The Bertz CT molecular complexity index is 581. The van der Waals surface area contributed by atoms with Crippen molar-refractivity contribution in [2.24, 2.45) is 5.92 Å². The van der Waals surface area contributed by atoms with Crippen LogP contribution in [0.1, 0.15) is 55.0 Å². The number of hydrogen-bond donors (Lipinski definition) is 1. The largest absolute Gasteiger partial charge is 0.388 e. The molecule has 1 N–H and O–H groups in total. The molecule has 1 atom stereocenters. The Hall–Kier alpha value is -1.62. The van der Waals surface area contributed by atoms with Crippen LogP contribution in [0, 0.1) is 5.92 Å². The zero-order chi connectivity index (χ0) is 12.8. The van der Waals surface area contributed by atoms with Gasteiger partial charge in [0.15, 0.2) is 5.82 Å². The van der Waals surface area contributed by atoms with E-state index in [2.05, 4.69) is 10.1 Å². The summed E-state index contributed by atoms with van der Waals surface area (Å²) in [5.41, 5.74) is 0.994. The van der Waals surface area contributed by atoms with E-state index in [9.17, 15) is 5.11 Å². The fraction of sp³-hybridized carbons (Fsp3) is 0.571. The van der Waals surface area contributed by atoms with Crippen LogP contribution in [0.15, 0.2) is 23.0 Å². The average Bonchev–Trinajstić information content (AvgIpc) is 3.34. The van der Waals surface area contributed by atoms with E-state index < -0.39 is 0 Å². The number of aliphatic hydroxyl groups is 1. The van der Waals surface area contributed by atoms with Crippen LogP contribution in [0.4, 0.5) is 0 Å². The molecule has 5 heteroatoms. The lowest BCUT2D eigenvalue weighted by molar-refractivity contribution is 0.154. The molecular formula is C14H17N3O2. The Morgan fingerprint density at radius 2 is 2.21 bits per heavy atom. The number of aromatic nitrogens is 3. The zero-order valence-electron chi connectivity index (χ0n) is 10.7. The highest BCUT2D eigenvalue weighted by atomic mass is 16.5. The number of hydrogen-bond acceptors (Lipinski definition) is 4. The topological polar surface area (TPSA) is 64.1 Å². The summed E-state index contributed by atoms with van der Waals surface area (Å²) in [5, 5.41) is 14.1. The maximum Gasteiger partial charge on any atom is 0.229 e. The molecule has 0 bridgehead atoms. The van der Waals surface area contributed by atoms with Crippen molar-refractivity contribution in [3.05, 3.63) is 35.7 Å². The van der Waals surface area contributed by atoms with Crippen molar-refractivity contribution in [1.82, 2.24) is 14.7 Å². The van der Waals surface area contributed by atoms with Gasteiger partial charge in [0.2, 0.25) is 5.89 Å². The summed E-state index contributed by atoms with van der Waals surface area (Å²) in [5.74, 6) is 2.45. The second-order valence-corrected chi connectivity index (χ2v) is 5.72. The van der Waals surface area contributed by atoms with Crippen molar-refractivity contribution in [3.63, 3.8) is 0 Å². The molecule has 2 aliphatic carbocycles. The fourth-order valence-electron chi connectivity index (χ4n) is 2.41. The van der Waals surface area contributed by atoms with Crippen molar-refractivity contribution in [3.8, 4) is 0 Å². The smallest absolute Gasteiger partial charge is 0.229 e. The van der Waals surface area contributed by atoms with E-state index in [0.29, 0.717) is 24.2 Å². The maximum absolute atomic E-state index is 10.1. The van der Waals surface area contributed by atoms with Crippen molar-refractivity contribution in [1.29, 1.82) is 0 Å². The predicted octanol–water partition coefficient (Wildman–Crippen LogP) is 2.24. The molecule has 1 unspecified atom stereocenters. The Morgan fingerprint density at radius 1 is 1.37 bits per heavy atom. The molecule has 2 fully saturated rings. The van der Waals surface area contributed by atoms with Crippen LogP contribution in [0.25, 0.3) is 0 Å². The van der Waals surface area contributed by atoms with Crippen LogP contribution in [0.3, 0.4) is 0 Å². The number of rotatable bonds is 5. The Kier molecular flexibility index (Phi) is 2.48. The second-order valence-electron chi connectivity index (χ2n) is 5.72. The first-order valence-corrected chi connectivity index (χ1v) is 6.96. The Balaban J connectivity index is 1.46. The van der Waals surface area contributed by atoms with Gasteiger partial charge < -0.3 is 14.2 Å². The highest BCUT2D eigenvalue weighted by Crippen LogP contribution is 2.41. The zero-order valence-corrected chi connectivity index (χ0v) is 10.7. The minimum absolute atomic E-state index is 0.312. The minimum atomic E-state index is -0.312. The monoisotopic (exact) mass is 259 g/mol. The molecule has 0 spiro atoms. The number of aliphatic hydroxyl groups excluding tert-OH is 1. The van der Waals surface area contributed by atoms with E-state index in [4.69, 9.17) is 4.52 Å². The van der Waals surface area contributed by atoms with Gasteiger partial charge in [0, 0.05) is 18.3 Å². The van der Waals surface area contributed by atoms with Gasteiger partial charge >= 0.3 is 0 Å². The second kappa shape index (κ2) is 4.20. The molecule has 0 amide bonds. The summed E-state index contributed by atoms with van der Waals surface area (Å²) in [7, 11) is 0. The molecule has 0 aliphatic heterocycles. The van der Waals surface area contributed by atoms with Gasteiger partial charge in [-0.05, 0) is 43.2 Å². The summed E-state index contributed by atoms with van der Waals surface area (Å²) in [6.45, 7) is 0.605. The molecule has 4 rings (SSSR count). The molecule has 2 heterocycles. The standard InChI is InChI=1S/C14H17N3O2/c18-13(9-1-2-9)11-5-6-17(7-11)8-12-15-14(19-16-12)10-3-4-10/h5-7,9-10,13,18H,1-4,8H2. The summed E-state index contributed by atoms with van der Waals surface area (Å²) in [6.07, 6.45) is 8.26. The van der Waals surface area contributed by atoms with E-state index in [-0.39, 0.29) is 6.10 Å². The molecule has 19 heavy (non-hydrogen) atoms. The SMILES string of the molecule is OC(c1ccn(Cc2noc(C3CC3)n2)c1)C1CC1. The van der Waals surface area contributed by atoms with Gasteiger partial charge in [0.25, 0.3) is 0 Å². The van der Waals surface area contributed by atoms with E-state index in [1.54, 1.807) is 0 Å². The summed E-state index contributed by atoms with van der Waals surface area (Å²) in [6, 6.07) is 1.98. The van der Waals surface area contributed by atoms with Gasteiger partial charge in [0.05, 0.1) is 12.6 Å². The van der Waals surface area contributed by atoms with E-state index in [0.717, 1.165) is 24.3 Å². The van der Waals surface area contributed by atoms with Crippen molar-refractivity contribution < 1.29 is 9.63 Å². The third-order valence-corrected chi connectivity index (χ3v) is 3.92. The van der Waals surface area contributed by atoms with Crippen LogP contribution in [-0.2, 0) is 6.54 Å². The van der Waals surface area contributed by atoms with Crippen LogP contribution >= 0.6 is 0 Å². The average molecular weight is 259 g/mol. The highest BCUT2D eigenvalue weighted by molar-refractivity contribution is 5.16. The molecule has 2 aromatic heterocycles. The molecule has 100 valence electrons. The number of nitrogens with zero attached hydrogens (tertiary/aromatic N) is 3. The lowest BCUT2D eigenvalue weighted by Gasteiger charge is -2.05. The first kappa shape index (κ1) is 11.2. The Labute approximate surface area is 111 Å². The van der Waals surface area contributed by atoms with E-state index in [1.807, 2.05) is 23.0 Å². The maximum atomic E-state index is 10.1. The molecule has 0 aromatic carbocycles. The van der Waals surface area contributed by atoms with Gasteiger partial charge in [-0.1, -0.05) is 5.16 Å². The summed E-state index contributed by atoms with van der Waals surface area (Å²) < 4.78 is 7.24. The van der Waals surface area contributed by atoms with Crippen LogP contribution < -0.4 is 0 Å². The summed E-state index contributed by atoms with van der Waals surface area (Å²) in [4.78, 5) is 4.41. The van der Waals surface area contributed by atoms with E-state index in [1.165, 1.54) is 12.8 Å². The quantitative estimate of drug-likeness (QED) is 0.894. The van der Waals surface area contributed by atoms with Gasteiger partial charge in [0.1, 0.15) is 0 Å². The molecule has 0 radical (unpaired) electrons. The normalized spacial score (nSPS) is 20.7. The van der Waals surface area contributed by atoms with Crippen molar-refractivity contribution in [2.75, 3.05) is 0 Å². The van der Waals surface area contributed by atoms with Gasteiger partial charge in [-0.25, -0.2) is 0 Å². The molecule has 0 saturated heterocycles. The van der Waals surface area contributed by atoms with Gasteiger partial charge in [-0.3, -0.25) is 0 Å². The first-order valence-electron chi connectivity index (χ1n) is 6.96. The molecule has 5 nitrogen and oxygen atoms in total. The lowest BCUT2D eigenvalue weighted by Crippen LogP contribution is -2.01. The van der Waals surface area contributed by atoms with Crippen LogP contribution in [0.2, 0.25) is 0 Å². The predicted molar refractivity (Wildman–Crippen MR) is 67.5 cm³/mol. The molecule has 2 aromatic rings. The van der Waals surface area contributed by atoms with Crippen LogP contribution in [0.5, 0.6) is 0 Å². The molecule has 2 aliphatic rings. The van der Waals surface area contributed by atoms with Gasteiger partial charge in [-0.2, -0.15) is 4.98 Å². The fourth-order valence-corrected chi connectivity index (χ4v) is 2.41. The Morgan fingerprint density at radius 3 is 2.95 bits per heavy atom. The third-order valence-electron chi connectivity index (χ3n) is 3.92. The molecule has 2 saturated carbocycles. The first-order chi connectivity index (χ1) is 9.29. The summed E-state index contributed by atoms with van der Waals surface area (Å²) >= 11 is 0. The van der Waals surface area contributed by atoms with Crippen molar-refractivity contribution in [2.45, 2.75) is 44.2 Å². The van der Waals surface area contributed by atoms with Crippen molar-refractivity contribution >= 4 is 0 Å². The lowest BCUT2D eigenvalue weighted by atomic mass is 10.1. The van der Waals surface area contributed by atoms with Crippen LogP contribution in [-0.4, -0.2) is 19.8 Å². The van der Waals surface area contributed by atoms with E-state index >= 15 is 0 Å². The third kappa shape index (κ3) is 2.30. The highest BCUT2D eigenvalue weighted by Gasteiger charge is 2.31.